The summed E-state index contributed by atoms with van der Waals surface area (Å²) in [6.07, 6.45) is 3.56. The minimum absolute atomic E-state index is 0.322. The molecule has 0 unspecified atom stereocenters. The summed E-state index contributed by atoms with van der Waals surface area (Å²) in [6.45, 7) is 4.25. The molecule has 0 saturated carbocycles. The second kappa shape index (κ2) is 6.53. The lowest BCUT2D eigenvalue weighted by Crippen LogP contribution is -2.01. The predicted octanol–water partition coefficient (Wildman–Crippen LogP) is 4.47. The number of carbonyl (C=O) groups excluding carboxylic acids is 1. The number of ether oxygens (including phenoxy) is 1. The first-order valence-corrected chi connectivity index (χ1v) is 7.71. The molecule has 2 aromatic carbocycles. The Bertz CT molecular complexity index is 860. The molecular formula is C20H19NO2. The van der Waals surface area contributed by atoms with Crippen LogP contribution in [0.5, 0.6) is 0 Å². The minimum Gasteiger partial charge on any atom is -0.463 e. The summed E-state index contributed by atoms with van der Waals surface area (Å²) in [7, 11) is 0. The molecule has 1 N–H and O–H groups in total. The number of rotatable bonds is 4. The van der Waals surface area contributed by atoms with E-state index in [1.807, 2.05) is 55.6 Å². The lowest BCUT2D eigenvalue weighted by Gasteiger charge is -2.09. The maximum Gasteiger partial charge on any atom is 0.331 e. The third kappa shape index (κ3) is 3.19. The van der Waals surface area contributed by atoms with Crippen LogP contribution in [0.4, 0.5) is 0 Å². The number of aromatic nitrogens is 1. The second-order valence-electron chi connectivity index (χ2n) is 5.41. The summed E-state index contributed by atoms with van der Waals surface area (Å²) in [5.41, 5.74) is 5.14. The van der Waals surface area contributed by atoms with E-state index in [4.69, 9.17) is 4.74 Å². The molecule has 1 aromatic heterocycles. The van der Waals surface area contributed by atoms with Crippen molar-refractivity contribution in [1.82, 2.24) is 4.98 Å². The number of aryl methyl sites for hydroxylation is 1. The maximum atomic E-state index is 12.0. The van der Waals surface area contributed by atoms with Gasteiger partial charge in [0.1, 0.15) is 0 Å². The van der Waals surface area contributed by atoms with Crippen LogP contribution in [0, 0.1) is 6.92 Å². The van der Waals surface area contributed by atoms with Gasteiger partial charge in [0.05, 0.1) is 6.61 Å². The molecule has 0 radical (unpaired) electrons. The van der Waals surface area contributed by atoms with Gasteiger partial charge >= 0.3 is 5.97 Å². The van der Waals surface area contributed by atoms with Gasteiger partial charge in [0.15, 0.2) is 0 Å². The van der Waals surface area contributed by atoms with E-state index in [0.29, 0.717) is 6.61 Å². The third-order valence-electron chi connectivity index (χ3n) is 3.83. The molecule has 0 amide bonds. The van der Waals surface area contributed by atoms with Crippen molar-refractivity contribution in [1.29, 1.82) is 0 Å². The van der Waals surface area contributed by atoms with Crippen molar-refractivity contribution in [2.24, 2.45) is 0 Å². The van der Waals surface area contributed by atoms with Crippen LogP contribution in [0.2, 0.25) is 0 Å². The van der Waals surface area contributed by atoms with E-state index in [1.165, 1.54) is 5.56 Å². The first-order chi connectivity index (χ1) is 11.2. The van der Waals surface area contributed by atoms with Crippen molar-refractivity contribution in [3.63, 3.8) is 0 Å². The van der Waals surface area contributed by atoms with Crippen LogP contribution in [0.25, 0.3) is 16.5 Å². The molecule has 0 fully saturated rings. The smallest absolute Gasteiger partial charge is 0.331 e. The number of aromatic amines is 1. The lowest BCUT2D eigenvalue weighted by atomic mass is 9.96. The van der Waals surface area contributed by atoms with Crippen molar-refractivity contribution >= 4 is 22.4 Å². The highest BCUT2D eigenvalue weighted by Gasteiger charge is 2.10. The zero-order valence-corrected chi connectivity index (χ0v) is 13.3. The zero-order valence-electron chi connectivity index (χ0n) is 13.3. The molecule has 116 valence electrons. The first kappa shape index (κ1) is 15.1. The molecule has 3 aromatic rings. The van der Waals surface area contributed by atoms with Crippen LogP contribution in [-0.4, -0.2) is 17.6 Å². The number of nitrogens with one attached hydrogen (secondary N) is 1. The minimum atomic E-state index is -0.322. The van der Waals surface area contributed by atoms with Gasteiger partial charge in [-0.1, -0.05) is 36.4 Å². The summed E-state index contributed by atoms with van der Waals surface area (Å²) < 4.78 is 5.09. The number of H-pyrrole nitrogens is 1. The maximum absolute atomic E-state index is 12.0. The molecular weight excluding hydrogens is 286 g/mol. The van der Waals surface area contributed by atoms with Gasteiger partial charge in [-0.2, -0.15) is 0 Å². The Hall–Kier alpha value is -2.81. The summed E-state index contributed by atoms with van der Waals surface area (Å²) >= 11 is 0. The Labute approximate surface area is 135 Å². The molecule has 1 heterocycles. The van der Waals surface area contributed by atoms with Gasteiger partial charge in [-0.05, 0) is 48.2 Å². The summed E-state index contributed by atoms with van der Waals surface area (Å²) in [4.78, 5) is 15.2. The quantitative estimate of drug-likeness (QED) is 0.571. The average Bonchev–Trinajstić information content (AvgIpc) is 2.94. The van der Waals surface area contributed by atoms with E-state index in [-0.39, 0.29) is 5.97 Å². The molecule has 0 spiro atoms. The fourth-order valence-electron chi connectivity index (χ4n) is 2.68. The molecule has 0 aliphatic carbocycles. The van der Waals surface area contributed by atoms with Crippen molar-refractivity contribution in [3.8, 4) is 0 Å². The number of hydrogen-bond donors (Lipinski definition) is 1. The Kier molecular flexibility index (Phi) is 4.29. The molecule has 0 saturated heterocycles. The molecule has 3 rings (SSSR count). The van der Waals surface area contributed by atoms with Gasteiger partial charge in [0.25, 0.3) is 0 Å². The van der Waals surface area contributed by atoms with E-state index in [2.05, 4.69) is 18.0 Å². The molecule has 0 aliphatic rings. The van der Waals surface area contributed by atoms with Gasteiger partial charge in [-0.3, -0.25) is 0 Å². The van der Waals surface area contributed by atoms with Crippen molar-refractivity contribution in [3.05, 3.63) is 77.5 Å². The average molecular weight is 305 g/mol. The van der Waals surface area contributed by atoms with E-state index in [0.717, 1.165) is 27.6 Å². The molecule has 3 nitrogen and oxygen atoms in total. The second-order valence-corrected chi connectivity index (χ2v) is 5.41. The lowest BCUT2D eigenvalue weighted by molar-refractivity contribution is -0.137. The van der Waals surface area contributed by atoms with Gasteiger partial charge in [-0.15, -0.1) is 0 Å². The third-order valence-corrected chi connectivity index (χ3v) is 3.83. The zero-order chi connectivity index (χ0) is 16.2. The standard InChI is InChI=1S/C20H19NO2/c1-3-23-20(22)12-18(15-7-5-4-6-8-15)16-9-10-19-17(11-16)14(2)13-21-19/h4-13,21H,3H2,1-2H3/b18-12-. The van der Waals surface area contributed by atoms with Crippen LogP contribution in [-0.2, 0) is 9.53 Å². The fourth-order valence-corrected chi connectivity index (χ4v) is 2.68. The topological polar surface area (TPSA) is 42.1 Å². The van der Waals surface area contributed by atoms with Crippen LogP contribution in [0.15, 0.2) is 60.8 Å². The first-order valence-electron chi connectivity index (χ1n) is 7.71. The largest absolute Gasteiger partial charge is 0.463 e. The molecule has 3 heteroatoms. The number of fused-ring (bicyclic) bond motifs is 1. The number of esters is 1. The normalized spacial score (nSPS) is 11.7. The van der Waals surface area contributed by atoms with Crippen LogP contribution in [0.3, 0.4) is 0 Å². The van der Waals surface area contributed by atoms with Crippen LogP contribution < -0.4 is 0 Å². The number of benzene rings is 2. The van der Waals surface area contributed by atoms with Gasteiger partial charge < -0.3 is 9.72 Å². The monoisotopic (exact) mass is 305 g/mol. The van der Waals surface area contributed by atoms with Gasteiger partial charge in [0.2, 0.25) is 0 Å². The predicted molar refractivity (Wildman–Crippen MR) is 93.2 cm³/mol. The Morgan fingerprint density at radius 2 is 1.91 bits per heavy atom. The van der Waals surface area contributed by atoms with E-state index in [9.17, 15) is 4.79 Å². The summed E-state index contributed by atoms with van der Waals surface area (Å²) in [5, 5.41) is 1.16. The van der Waals surface area contributed by atoms with Crippen LogP contribution in [0.1, 0.15) is 23.6 Å². The molecule has 0 atom stereocenters. The Morgan fingerprint density at radius 1 is 1.13 bits per heavy atom. The fraction of sp³-hybridized carbons (Fsp3) is 0.150. The highest BCUT2D eigenvalue weighted by molar-refractivity contribution is 5.98. The number of hydrogen-bond acceptors (Lipinski definition) is 2. The van der Waals surface area contributed by atoms with Crippen molar-refractivity contribution in [2.75, 3.05) is 6.61 Å². The molecule has 0 aliphatic heterocycles. The SMILES string of the molecule is CCOC(=O)/C=C(/c1ccccc1)c1ccc2[nH]cc(C)c2c1. The van der Waals surface area contributed by atoms with E-state index in [1.54, 1.807) is 6.08 Å². The van der Waals surface area contributed by atoms with Crippen molar-refractivity contribution in [2.45, 2.75) is 13.8 Å². The van der Waals surface area contributed by atoms with E-state index >= 15 is 0 Å². The van der Waals surface area contributed by atoms with Gasteiger partial charge in [0, 0.05) is 23.2 Å². The highest BCUT2D eigenvalue weighted by Crippen LogP contribution is 2.27. The number of carbonyl (C=O) groups is 1. The van der Waals surface area contributed by atoms with Crippen molar-refractivity contribution < 1.29 is 9.53 Å². The van der Waals surface area contributed by atoms with Crippen LogP contribution >= 0.6 is 0 Å². The van der Waals surface area contributed by atoms with E-state index < -0.39 is 0 Å². The Balaban J connectivity index is 2.13. The molecule has 0 bridgehead atoms. The summed E-state index contributed by atoms with van der Waals surface area (Å²) in [5.74, 6) is -0.322. The van der Waals surface area contributed by atoms with Gasteiger partial charge in [-0.25, -0.2) is 4.79 Å². The summed E-state index contributed by atoms with van der Waals surface area (Å²) in [6, 6.07) is 16.1. The Morgan fingerprint density at radius 3 is 2.65 bits per heavy atom. The molecule has 23 heavy (non-hydrogen) atoms. The highest BCUT2D eigenvalue weighted by atomic mass is 16.5.